The number of hydrogen-bond donors (Lipinski definition) is 1. The minimum Gasteiger partial charge on any atom is -0.365 e. The maximum absolute atomic E-state index is 5.68. The third-order valence-electron chi connectivity index (χ3n) is 3.68. The molecular formula is C14H21BrN2. The van der Waals surface area contributed by atoms with Crippen molar-refractivity contribution < 1.29 is 0 Å². The third-order valence-corrected chi connectivity index (χ3v) is 4.35. The summed E-state index contributed by atoms with van der Waals surface area (Å²) in [7, 11) is 0. The van der Waals surface area contributed by atoms with Gasteiger partial charge in [0, 0.05) is 16.6 Å². The van der Waals surface area contributed by atoms with Crippen LogP contribution in [0, 0.1) is 5.92 Å². The molecule has 1 saturated heterocycles. The summed E-state index contributed by atoms with van der Waals surface area (Å²) in [6, 6.07) is 8.47. The first-order chi connectivity index (χ1) is 8.04. The third kappa shape index (κ3) is 2.66. The first kappa shape index (κ1) is 12.9. The molecule has 0 saturated carbocycles. The highest BCUT2D eigenvalue weighted by Crippen LogP contribution is 2.40. The predicted octanol–water partition coefficient (Wildman–Crippen LogP) is 3.40. The van der Waals surface area contributed by atoms with Crippen molar-refractivity contribution in [3.8, 4) is 0 Å². The molecule has 0 aromatic heterocycles. The number of halogens is 1. The minimum atomic E-state index is 0.226. The van der Waals surface area contributed by atoms with Gasteiger partial charge in [-0.2, -0.15) is 0 Å². The average molecular weight is 297 g/mol. The number of para-hydroxylation sites is 1. The Morgan fingerprint density at radius 2 is 2.12 bits per heavy atom. The molecule has 1 atom stereocenters. The highest BCUT2D eigenvalue weighted by atomic mass is 79.9. The van der Waals surface area contributed by atoms with Crippen molar-refractivity contribution in [3.05, 3.63) is 28.7 Å². The van der Waals surface area contributed by atoms with E-state index >= 15 is 0 Å². The van der Waals surface area contributed by atoms with E-state index in [2.05, 4.69) is 58.9 Å². The Morgan fingerprint density at radius 1 is 1.41 bits per heavy atom. The van der Waals surface area contributed by atoms with Crippen molar-refractivity contribution in [2.75, 3.05) is 18.0 Å². The van der Waals surface area contributed by atoms with Crippen molar-refractivity contribution in [3.63, 3.8) is 0 Å². The largest absolute Gasteiger partial charge is 0.365 e. The number of anilines is 1. The topological polar surface area (TPSA) is 29.3 Å². The highest BCUT2D eigenvalue weighted by molar-refractivity contribution is 9.10. The zero-order chi connectivity index (χ0) is 12.5. The van der Waals surface area contributed by atoms with Gasteiger partial charge < -0.3 is 10.6 Å². The van der Waals surface area contributed by atoms with Crippen LogP contribution in [0.2, 0.25) is 0 Å². The summed E-state index contributed by atoms with van der Waals surface area (Å²) in [6.45, 7) is 6.56. The average Bonchev–Trinajstić information content (AvgIpc) is 2.55. The van der Waals surface area contributed by atoms with Gasteiger partial charge in [-0.15, -0.1) is 0 Å². The summed E-state index contributed by atoms with van der Waals surface area (Å²) in [6.07, 6.45) is 2.36. The number of nitrogens with two attached hydrogens (primary N) is 1. The molecule has 1 fully saturated rings. The molecule has 2 nitrogen and oxygen atoms in total. The van der Waals surface area contributed by atoms with E-state index in [1.165, 1.54) is 16.6 Å². The van der Waals surface area contributed by atoms with Gasteiger partial charge in [-0.05, 0) is 67.2 Å². The zero-order valence-corrected chi connectivity index (χ0v) is 12.2. The molecule has 1 aromatic rings. The molecule has 17 heavy (non-hydrogen) atoms. The van der Waals surface area contributed by atoms with Crippen LogP contribution in [0.5, 0.6) is 0 Å². The smallest absolute Gasteiger partial charge is 0.0515 e. The quantitative estimate of drug-likeness (QED) is 0.926. The van der Waals surface area contributed by atoms with Gasteiger partial charge in [-0.1, -0.05) is 12.1 Å². The van der Waals surface area contributed by atoms with Crippen molar-refractivity contribution in [2.45, 2.75) is 32.2 Å². The fourth-order valence-corrected chi connectivity index (χ4v) is 3.41. The van der Waals surface area contributed by atoms with E-state index in [-0.39, 0.29) is 5.54 Å². The monoisotopic (exact) mass is 296 g/mol. The van der Waals surface area contributed by atoms with E-state index in [0.717, 1.165) is 25.4 Å². The number of rotatable bonds is 3. The lowest BCUT2D eigenvalue weighted by atomic mass is 9.94. The fourth-order valence-electron chi connectivity index (χ4n) is 2.91. The van der Waals surface area contributed by atoms with Gasteiger partial charge in [0.2, 0.25) is 0 Å². The van der Waals surface area contributed by atoms with Gasteiger partial charge in [-0.25, -0.2) is 0 Å². The number of benzene rings is 1. The molecule has 1 aromatic carbocycles. The first-order valence-corrected chi connectivity index (χ1v) is 7.06. The van der Waals surface area contributed by atoms with Crippen molar-refractivity contribution in [1.82, 2.24) is 0 Å². The van der Waals surface area contributed by atoms with Crippen molar-refractivity contribution in [1.29, 1.82) is 0 Å². The molecule has 1 unspecified atom stereocenters. The maximum atomic E-state index is 5.68. The van der Waals surface area contributed by atoms with E-state index in [1.807, 2.05) is 0 Å². The Hall–Kier alpha value is -0.540. The second kappa shape index (κ2) is 4.99. The van der Waals surface area contributed by atoms with Gasteiger partial charge in [0.05, 0.1) is 5.69 Å². The molecule has 0 amide bonds. The fraction of sp³-hybridized carbons (Fsp3) is 0.571. The molecule has 0 aliphatic carbocycles. The van der Waals surface area contributed by atoms with Crippen LogP contribution in [0.3, 0.4) is 0 Å². The van der Waals surface area contributed by atoms with E-state index < -0.39 is 0 Å². The van der Waals surface area contributed by atoms with Crippen molar-refractivity contribution >= 4 is 21.6 Å². The molecule has 0 radical (unpaired) electrons. The highest BCUT2D eigenvalue weighted by Gasteiger charge is 2.38. The van der Waals surface area contributed by atoms with Crippen LogP contribution in [-0.4, -0.2) is 18.6 Å². The van der Waals surface area contributed by atoms with Gasteiger partial charge in [0.25, 0.3) is 0 Å². The maximum Gasteiger partial charge on any atom is 0.0515 e. The van der Waals surface area contributed by atoms with Crippen LogP contribution in [0.4, 0.5) is 5.69 Å². The molecular weight excluding hydrogens is 276 g/mol. The Balaban J connectivity index is 2.24. The lowest BCUT2D eigenvalue weighted by molar-refractivity contribution is 0.458. The molecule has 0 spiro atoms. The van der Waals surface area contributed by atoms with Crippen LogP contribution < -0.4 is 10.6 Å². The molecule has 1 heterocycles. The summed E-state index contributed by atoms with van der Waals surface area (Å²) in [5.74, 6) is 0.724. The van der Waals surface area contributed by atoms with E-state index in [4.69, 9.17) is 5.73 Å². The Labute approximate surface area is 112 Å². The second-order valence-corrected chi connectivity index (χ2v) is 6.38. The van der Waals surface area contributed by atoms with E-state index in [0.29, 0.717) is 0 Å². The normalized spacial score (nSPS) is 23.1. The van der Waals surface area contributed by atoms with Gasteiger partial charge in [0.1, 0.15) is 0 Å². The number of hydrogen-bond acceptors (Lipinski definition) is 2. The standard InChI is InChI=1S/C14H21BrN2/c1-14(2)9-11(7-8-16)10-17(14)13-6-4-3-5-12(13)15/h3-6,11H,7-10,16H2,1-2H3. The van der Waals surface area contributed by atoms with Crippen LogP contribution in [0.25, 0.3) is 0 Å². The molecule has 1 aliphatic heterocycles. The Morgan fingerprint density at radius 3 is 2.76 bits per heavy atom. The van der Waals surface area contributed by atoms with E-state index in [9.17, 15) is 0 Å². The van der Waals surface area contributed by atoms with Crippen LogP contribution in [-0.2, 0) is 0 Å². The predicted molar refractivity (Wildman–Crippen MR) is 77.3 cm³/mol. The molecule has 2 rings (SSSR count). The SMILES string of the molecule is CC1(C)CC(CCN)CN1c1ccccc1Br. The molecule has 3 heteroatoms. The van der Waals surface area contributed by atoms with Crippen LogP contribution in [0.15, 0.2) is 28.7 Å². The summed E-state index contributed by atoms with van der Waals surface area (Å²) in [4.78, 5) is 2.51. The summed E-state index contributed by atoms with van der Waals surface area (Å²) >= 11 is 3.65. The number of nitrogens with zero attached hydrogens (tertiary/aromatic N) is 1. The molecule has 2 N–H and O–H groups in total. The Bertz CT molecular complexity index is 390. The van der Waals surface area contributed by atoms with Crippen molar-refractivity contribution in [2.24, 2.45) is 11.7 Å². The lowest BCUT2D eigenvalue weighted by Gasteiger charge is -2.34. The van der Waals surface area contributed by atoms with Crippen LogP contribution >= 0.6 is 15.9 Å². The molecule has 0 bridgehead atoms. The van der Waals surface area contributed by atoms with Gasteiger partial charge in [-0.3, -0.25) is 0 Å². The summed E-state index contributed by atoms with van der Waals surface area (Å²) < 4.78 is 1.18. The molecule has 1 aliphatic rings. The van der Waals surface area contributed by atoms with Gasteiger partial charge >= 0.3 is 0 Å². The summed E-state index contributed by atoms with van der Waals surface area (Å²) in [5, 5.41) is 0. The van der Waals surface area contributed by atoms with Gasteiger partial charge in [0.15, 0.2) is 0 Å². The van der Waals surface area contributed by atoms with E-state index in [1.54, 1.807) is 0 Å². The summed E-state index contributed by atoms with van der Waals surface area (Å²) in [5.41, 5.74) is 7.21. The lowest BCUT2D eigenvalue weighted by Crippen LogP contribution is -2.38. The van der Waals surface area contributed by atoms with Crippen LogP contribution in [0.1, 0.15) is 26.7 Å². The molecule has 94 valence electrons. The first-order valence-electron chi connectivity index (χ1n) is 6.27. The second-order valence-electron chi connectivity index (χ2n) is 5.52. The minimum absolute atomic E-state index is 0.226. The zero-order valence-electron chi connectivity index (χ0n) is 10.6. The Kier molecular flexibility index (Phi) is 3.79.